The van der Waals surface area contributed by atoms with E-state index in [2.05, 4.69) is 18.0 Å². The molecule has 2 atom stereocenters. The molecule has 0 saturated heterocycles. The topological polar surface area (TPSA) is 59.9 Å². The zero-order chi connectivity index (χ0) is 16.4. The van der Waals surface area contributed by atoms with Gasteiger partial charge in [-0.15, -0.1) is 0 Å². The Bertz CT molecular complexity index is 756. The fraction of sp³-hybridized carbons (Fsp3) is 0.474. The van der Waals surface area contributed by atoms with Crippen LogP contribution in [-0.2, 0) is 0 Å². The molecule has 1 heterocycles. The molecule has 1 fully saturated rings. The van der Waals surface area contributed by atoms with Gasteiger partial charge in [-0.05, 0) is 49.9 Å². The summed E-state index contributed by atoms with van der Waals surface area (Å²) in [6.07, 6.45) is 4.67. The monoisotopic (exact) mass is 309 g/mol. The van der Waals surface area contributed by atoms with Gasteiger partial charge in [-0.3, -0.25) is 4.79 Å². The van der Waals surface area contributed by atoms with Gasteiger partial charge in [0.2, 0.25) is 0 Å². The summed E-state index contributed by atoms with van der Waals surface area (Å²) in [7, 11) is 0. The quantitative estimate of drug-likeness (QED) is 0.928. The van der Waals surface area contributed by atoms with Crippen molar-refractivity contribution in [3.8, 4) is 6.07 Å². The molecule has 4 heteroatoms. The lowest BCUT2D eigenvalue weighted by atomic mass is 9.86. The molecule has 1 unspecified atom stereocenters. The summed E-state index contributed by atoms with van der Waals surface area (Å²) in [4.78, 5) is 18.2. The van der Waals surface area contributed by atoms with Gasteiger partial charge in [0.05, 0.1) is 11.6 Å². The van der Waals surface area contributed by atoms with Gasteiger partial charge >= 0.3 is 0 Å². The number of carbonyl (C=O) groups is 1. The lowest BCUT2D eigenvalue weighted by molar-refractivity contribution is 0.0615. The smallest absolute Gasteiger partial charge is 0.270 e. The second-order valence-electron chi connectivity index (χ2n) is 6.61. The van der Waals surface area contributed by atoms with Gasteiger partial charge in [0.25, 0.3) is 5.91 Å². The van der Waals surface area contributed by atoms with Crippen LogP contribution in [0.2, 0.25) is 0 Å². The molecule has 1 aliphatic carbocycles. The van der Waals surface area contributed by atoms with Crippen LogP contribution >= 0.6 is 0 Å². The second kappa shape index (κ2) is 6.45. The van der Waals surface area contributed by atoms with Crippen molar-refractivity contribution in [3.05, 3.63) is 35.5 Å². The van der Waals surface area contributed by atoms with E-state index >= 15 is 0 Å². The number of carbonyl (C=O) groups excluding carboxylic acids is 1. The van der Waals surface area contributed by atoms with Gasteiger partial charge in [-0.1, -0.05) is 19.8 Å². The van der Waals surface area contributed by atoms with E-state index in [9.17, 15) is 4.79 Å². The molecule has 0 aliphatic heterocycles. The van der Waals surface area contributed by atoms with Crippen molar-refractivity contribution in [1.82, 2.24) is 9.88 Å². The third-order valence-corrected chi connectivity index (χ3v) is 4.93. The van der Waals surface area contributed by atoms with Crippen LogP contribution in [0.15, 0.2) is 24.3 Å². The van der Waals surface area contributed by atoms with Crippen LogP contribution in [-0.4, -0.2) is 28.4 Å². The number of hydrogen-bond acceptors (Lipinski definition) is 2. The van der Waals surface area contributed by atoms with Gasteiger partial charge in [0.15, 0.2) is 0 Å². The van der Waals surface area contributed by atoms with Gasteiger partial charge in [0.1, 0.15) is 5.69 Å². The van der Waals surface area contributed by atoms with E-state index in [-0.39, 0.29) is 5.91 Å². The molecule has 120 valence electrons. The van der Waals surface area contributed by atoms with E-state index in [1.165, 1.54) is 12.8 Å². The van der Waals surface area contributed by atoms with Crippen molar-refractivity contribution >= 4 is 16.8 Å². The van der Waals surface area contributed by atoms with Crippen molar-refractivity contribution in [2.24, 2.45) is 5.92 Å². The average molecular weight is 309 g/mol. The molecular formula is C19H23N3O. The first-order valence-electron chi connectivity index (χ1n) is 8.46. The number of benzene rings is 1. The number of nitriles is 1. The Hall–Kier alpha value is -2.28. The fourth-order valence-corrected chi connectivity index (χ4v) is 3.72. The highest BCUT2D eigenvalue weighted by Gasteiger charge is 2.28. The second-order valence-corrected chi connectivity index (χ2v) is 6.61. The minimum Gasteiger partial charge on any atom is -0.351 e. The molecule has 4 nitrogen and oxygen atoms in total. The number of aromatic amines is 1. The molecule has 1 amide bonds. The first-order chi connectivity index (χ1) is 11.1. The maximum atomic E-state index is 12.9. The highest BCUT2D eigenvalue weighted by atomic mass is 16.2. The molecule has 0 bridgehead atoms. The Morgan fingerprint density at radius 2 is 2.22 bits per heavy atom. The fourth-order valence-electron chi connectivity index (χ4n) is 3.72. The Labute approximate surface area is 137 Å². The Morgan fingerprint density at radius 3 is 2.91 bits per heavy atom. The van der Waals surface area contributed by atoms with Crippen LogP contribution in [0.1, 0.15) is 55.6 Å². The summed E-state index contributed by atoms with van der Waals surface area (Å²) in [5.41, 5.74) is 2.14. The maximum absolute atomic E-state index is 12.9. The van der Waals surface area contributed by atoms with Crippen molar-refractivity contribution in [2.45, 2.75) is 45.6 Å². The van der Waals surface area contributed by atoms with E-state index in [0.29, 0.717) is 23.2 Å². The lowest BCUT2D eigenvalue weighted by Crippen LogP contribution is -2.42. The van der Waals surface area contributed by atoms with Gasteiger partial charge < -0.3 is 9.88 Å². The third-order valence-electron chi connectivity index (χ3n) is 4.93. The molecule has 1 aromatic heterocycles. The molecule has 3 rings (SSSR count). The summed E-state index contributed by atoms with van der Waals surface area (Å²) in [6.45, 7) is 5.06. The van der Waals surface area contributed by atoms with Gasteiger partial charge in [-0.2, -0.15) is 5.26 Å². The molecule has 23 heavy (non-hydrogen) atoms. The lowest BCUT2D eigenvalue weighted by Gasteiger charge is -2.35. The Balaban J connectivity index is 1.87. The summed E-state index contributed by atoms with van der Waals surface area (Å²) in [5.74, 6) is 0.762. The van der Waals surface area contributed by atoms with E-state index in [1.54, 1.807) is 6.07 Å². The molecule has 0 spiro atoms. The number of aromatic nitrogens is 1. The summed E-state index contributed by atoms with van der Waals surface area (Å²) >= 11 is 0. The third kappa shape index (κ3) is 3.10. The first-order valence-corrected chi connectivity index (χ1v) is 8.46. The van der Waals surface area contributed by atoms with Crippen LogP contribution in [0.25, 0.3) is 10.9 Å². The Kier molecular flexibility index (Phi) is 4.38. The molecule has 1 aromatic carbocycles. The van der Waals surface area contributed by atoms with E-state index in [1.807, 2.05) is 30.0 Å². The van der Waals surface area contributed by atoms with E-state index in [0.717, 1.165) is 30.3 Å². The highest BCUT2D eigenvalue weighted by Crippen LogP contribution is 2.28. The van der Waals surface area contributed by atoms with Crippen LogP contribution in [0, 0.1) is 17.2 Å². The molecule has 2 aromatic rings. The number of amides is 1. The first kappa shape index (κ1) is 15.6. The minimum absolute atomic E-state index is 0.0707. The predicted octanol–water partition coefficient (Wildman–Crippen LogP) is 4.08. The van der Waals surface area contributed by atoms with Crippen LogP contribution in [0.4, 0.5) is 0 Å². The van der Waals surface area contributed by atoms with Crippen molar-refractivity contribution < 1.29 is 4.79 Å². The van der Waals surface area contributed by atoms with E-state index in [4.69, 9.17) is 5.26 Å². The van der Waals surface area contributed by atoms with Gasteiger partial charge in [0, 0.05) is 23.5 Å². The summed E-state index contributed by atoms with van der Waals surface area (Å²) in [6, 6.07) is 9.81. The number of nitrogens with zero attached hydrogens (tertiary/aromatic N) is 2. The predicted molar refractivity (Wildman–Crippen MR) is 91.1 cm³/mol. The van der Waals surface area contributed by atoms with E-state index < -0.39 is 0 Å². The summed E-state index contributed by atoms with van der Waals surface area (Å²) < 4.78 is 0. The number of rotatable bonds is 3. The standard InChI is InChI=1S/C19H23N3O/c1-3-22(16-6-4-5-13(2)9-16)19(23)18-11-15-10-14(12-20)7-8-17(15)21-18/h7-8,10-11,13,16,21H,3-6,9H2,1-2H3/t13?,16-/m0/s1. The zero-order valence-corrected chi connectivity index (χ0v) is 13.8. The number of fused-ring (bicyclic) bond motifs is 1. The van der Waals surface area contributed by atoms with Gasteiger partial charge in [-0.25, -0.2) is 0 Å². The molecule has 1 aliphatic rings. The number of nitrogens with one attached hydrogen (secondary N) is 1. The normalized spacial score (nSPS) is 21.1. The van der Waals surface area contributed by atoms with Crippen molar-refractivity contribution in [1.29, 1.82) is 5.26 Å². The molecule has 0 radical (unpaired) electrons. The van der Waals surface area contributed by atoms with Crippen molar-refractivity contribution in [3.63, 3.8) is 0 Å². The Morgan fingerprint density at radius 1 is 1.39 bits per heavy atom. The van der Waals surface area contributed by atoms with Crippen molar-refractivity contribution in [2.75, 3.05) is 6.54 Å². The van der Waals surface area contributed by atoms with Crippen LogP contribution in [0.5, 0.6) is 0 Å². The minimum atomic E-state index is 0.0707. The summed E-state index contributed by atoms with van der Waals surface area (Å²) in [5, 5.41) is 9.92. The van der Waals surface area contributed by atoms with Crippen LogP contribution < -0.4 is 0 Å². The molecular weight excluding hydrogens is 286 g/mol. The SMILES string of the molecule is CCN(C(=O)c1cc2cc(C#N)ccc2[nH]1)[C@H]1CCCC(C)C1. The highest BCUT2D eigenvalue weighted by molar-refractivity contribution is 5.98. The molecule has 1 saturated carbocycles. The number of hydrogen-bond donors (Lipinski definition) is 1. The maximum Gasteiger partial charge on any atom is 0.270 e. The number of H-pyrrole nitrogens is 1. The van der Waals surface area contributed by atoms with Crippen LogP contribution in [0.3, 0.4) is 0 Å². The largest absolute Gasteiger partial charge is 0.351 e. The average Bonchev–Trinajstić information content (AvgIpc) is 2.98. The molecule has 1 N–H and O–H groups in total. The zero-order valence-electron chi connectivity index (χ0n) is 13.8.